The molecule has 0 spiro atoms. The van der Waals surface area contributed by atoms with Crippen molar-refractivity contribution >= 4 is 45.0 Å². The van der Waals surface area contributed by atoms with Crippen LogP contribution in [0.25, 0.3) is 10.2 Å². The number of fused-ring (bicyclic) bond motifs is 1. The average Bonchev–Trinajstić information content (AvgIpc) is 3.37. The van der Waals surface area contributed by atoms with Crippen molar-refractivity contribution in [2.45, 2.75) is 40.7 Å². The molecule has 0 bridgehead atoms. The molecule has 29 heavy (non-hydrogen) atoms. The van der Waals surface area contributed by atoms with E-state index >= 15 is 0 Å². The largest absolute Gasteiger partial charge is 0.302 e. The molecule has 8 heteroatoms. The average molecular weight is 436 g/mol. The van der Waals surface area contributed by atoms with Crippen LogP contribution in [0.15, 0.2) is 30.5 Å². The summed E-state index contributed by atoms with van der Waals surface area (Å²) in [5.74, 6) is -0.0383. The first-order chi connectivity index (χ1) is 13.6. The molecule has 3 aromatic rings. The normalized spacial score (nSPS) is 11.1. The highest BCUT2D eigenvalue weighted by Gasteiger charge is 2.24. The van der Waals surface area contributed by atoms with Crippen molar-refractivity contribution in [1.82, 2.24) is 19.7 Å². The quantitative estimate of drug-likeness (QED) is 0.497. The lowest BCUT2D eigenvalue weighted by atomic mass is 10.1. The predicted octanol–water partition coefficient (Wildman–Crippen LogP) is 4.49. The Morgan fingerprint density at radius 1 is 1.10 bits per heavy atom. The summed E-state index contributed by atoms with van der Waals surface area (Å²) in [6.07, 6.45) is 2.61. The molecule has 0 saturated heterocycles. The van der Waals surface area contributed by atoms with Gasteiger partial charge in [-0.25, -0.2) is 4.98 Å². The number of halogens is 1. The maximum atomic E-state index is 13.4. The second-order valence-electron chi connectivity index (χ2n) is 6.63. The maximum absolute atomic E-state index is 13.4. The van der Waals surface area contributed by atoms with Crippen molar-refractivity contribution in [3.8, 4) is 0 Å². The predicted molar refractivity (Wildman–Crippen MR) is 124 cm³/mol. The number of para-hydroxylation sites is 1. The molecule has 2 aromatic heterocycles. The molecule has 1 aromatic carbocycles. The summed E-state index contributed by atoms with van der Waals surface area (Å²) in [6.45, 7) is 12.4. The second-order valence-corrected chi connectivity index (χ2v) is 7.64. The Balaban J connectivity index is 0.00000300. The summed E-state index contributed by atoms with van der Waals surface area (Å²) in [5.41, 5.74) is 2.83. The van der Waals surface area contributed by atoms with Crippen LogP contribution in [0.4, 0.5) is 5.13 Å². The third-order valence-electron chi connectivity index (χ3n) is 5.12. The number of aryl methyl sites for hydroxylation is 2. The van der Waals surface area contributed by atoms with Gasteiger partial charge in [-0.05, 0) is 44.1 Å². The fourth-order valence-electron chi connectivity index (χ4n) is 3.36. The van der Waals surface area contributed by atoms with Gasteiger partial charge in [0.1, 0.15) is 5.69 Å². The standard InChI is InChI=1S/C21H29N5OS.ClH/c1-5-16-10-9-11-18-19(16)23-21(28-18)25(15-14-24(6-2)7-3)20(27)17-12-13-22-26(17)8-4;/h9-13H,5-8,14-15H2,1-4H3;1H. The summed E-state index contributed by atoms with van der Waals surface area (Å²) < 4.78 is 2.87. The second kappa shape index (κ2) is 10.7. The van der Waals surface area contributed by atoms with Crippen LogP contribution in [0.1, 0.15) is 43.7 Å². The van der Waals surface area contributed by atoms with Gasteiger partial charge in [-0.1, -0.05) is 44.2 Å². The van der Waals surface area contributed by atoms with Gasteiger partial charge in [-0.3, -0.25) is 14.4 Å². The molecular formula is C21H30ClN5OS. The zero-order chi connectivity index (χ0) is 20.1. The first-order valence-electron chi connectivity index (χ1n) is 10.1. The van der Waals surface area contributed by atoms with Crippen LogP contribution in [0.2, 0.25) is 0 Å². The third kappa shape index (κ3) is 4.97. The number of rotatable bonds is 9. The van der Waals surface area contributed by atoms with Gasteiger partial charge in [-0.15, -0.1) is 12.4 Å². The van der Waals surface area contributed by atoms with E-state index < -0.39 is 0 Å². The lowest BCUT2D eigenvalue weighted by Crippen LogP contribution is -2.39. The van der Waals surface area contributed by atoms with Crippen molar-refractivity contribution in [3.05, 3.63) is 41.7 Å². The van der Waals surface area contributed by atoms with Crippen molar-refractivity contribution in [1.29, 1.82) is 0 Å². The number of amides is 1. The number of benzene rings is 1. The molecule has 0 aliphatic rings. The Morgan fingerprint density at radius 2 is 1.86 bits per heavy atom. The van der Waals surface area contributed by atoms with Gasteiger partial charge < -0.3 is 4.90 Å². The van der Waals surface area contributed by atoms with Crippen LogP contribution in [0.5, 0.6) is 0 Å². The Hall–Kier alpha value is -1.96. The van der Waals surface area contributed by atoms with E-state index in [2.05, 4.69) is 49.0 Å². The van der Waals surface area contributed by atoms with E-state index in [9.17, 15) is 4.79 Å². The van der Waals surface area contributed by atoms with Gasteiger partial charge in [0.15, 0.2) is 5.13 Å². The van der Waals surface area contributed by atoms with Crippen LogP contribution in [-0.4, -0.2) is 51.8 Å². The molecule has 6 nitrogen and oxygen atoms in total. The van der Waals surface area contributed by atoms with E-state index in [0.717, 1.165) is 41.4 Å². The number of hydrogen-bond acceptors (Lipinski definition) is 5. The zero-order valence-corrected chi connectivity index (χ0v) is 19.2. The number of anilines is 1. The fraction of sp³-hybridized carbons (Fsp3) is 0.476. The van der Waals surface area contributed by atoms with Crippen molar-refractivity contribution < 1.29 is 4.79 Å². The topological polar surface area (TPSA) is 54.3 Å². The molecule has 0 aliphatic carbocycles. The summed E-state index contributed by atoms with van der Waals surface area (Å²) in [4.78, 5) is 22.4. The molecular weight excluding hydrogens is 406 g/mol. The minimum Gasteiger partial charge on any atom is -0.302 e. The molecule has 0 fully saturated rings. The molecule has 0 saturated carbocycles. The Labute approximate surface area is 182 Å². The van der Waals surface area contributed by atoms with E-state index in [1.807, 2.05) is 11.8 Å². The van der Waals surface area contributed by atoms with Gasteiger partial charge in [0.05, 0.1) is 10.2 Å². The van der Waals surface area contributed by atoms with Crippen LogP contribution in [0.3, 0.4) is 0 Å². The van der Waals surface area contributed by atoms with Gasteiger partial charge in [-0.2, -0.15) is 5.10 Å². The first-order valence-corrected chi connectivity index (χ1v) is 10.9. The van der Waals surface area contributed by atoms with Crippen molar-refractivity contribution in [3.63, 3.8) is 0 Å². The third-order valence-corrected chi connectivity index (χ3v) is 6.16. The number of thiazole rings is 1. The maximum Gasteiger partial charge on any atom is 0.278 e. The molecule has 0 atom stereocenters. The van der Waals surface area contributed by atoms with Crippen LogP contribution >= 0.6 is 23.7 Å². The molecule has 0 radical (unpaired) electrons. The van der Waals surface area contributed by atoms with E-state index in [4.69, 9.17) is 4.98 Å². The fourth-order valence-corrected chi connectivity index (χ4v) is 4.40. The highest BCUT2D eigenvalue weighted by Crippen LogP contribution is 2.31. The molecule has 3 rings (SSSR count). The minimum atomic E-state index is -0.0383. The summed E-state index contributed by atoms with van der Waals surface area (Å²) in [5, 5.41) is 5.03. The number of likely N-dealkylation sites (N-methyl/N-ethyl adjacent to an activating group) is 1. The first kappa shape index (κ1) is 23.3. The van der Waals surface area contributed by atoms with Gasteiger partial charge in [0, 0.05) is 25.8 Å². The zero-order valence-electron chi connectivity index (χ0n) is 17.6. The number of carbonyl (C=O) groups is 1. The molecule has 0 N–H and O–H groups in total. The number of nitrogens with zero attached hydrogens (tertiary/aromatic N) is 5. The number of aromatic nitrogens is 3. The molecule has 0 unspecified atom stereocenters. The minimum absolute atomic E-state index is 0. The van der Waals surface area contributed by atoms with Crippen LogP contribution in [0, 0.1) is 0 Å². The van der Waals surface area contributed by atoms with E-state index in [1.54, 1.807) is 28.3 Å². The molecule has 0 aliphatic heterocycles. The Bertz CT molecular complexity index is 934. The smallest absolute Gasteiger partial charge is 0.278 e. The highest BCUT2D eigenvalue weighted by molar-refractivity contribution is 7.22. The number of hydrogen-bond donors (Lipinski definition) is 0. The highest BCUT2D eigenvalue weighted by atomic mass is 35.5. The summed E-state index contributed by atoms with van der Waals surface area (Å²) >= 11 is 1.59. The van der Waals surface area contributed by atoms with E-state index in [0.29, 0.717) is 18.8 Å². The van der Waals surface area contributed by atoms with Gasteiger partial charge in [0.25, 0.3) is 5.91 Å². The Morgan fingerprint density at radius 3 is 2.52 bits per heavy atom. The SMILES string of the molecule is CCc1cccc2sc(N(CCN(CC)CC)C(=O)c3ccnn3CC)nc12.Cl. The van der Waals surface area contributed by atoms with E-state index in [1.165, 1.54) is 5.56 Å². The van der Waals surface area contributed by atoms with Gasteiger partial charge >= 0.3 is 0 Å². The monoisotopic (exact) mass is 435 g/mol. The molecule has 2 heterocycles. The van der Waals surface area contributed by atoms with Crippen LogP contribution in [-0.2, 0) is 13.0 Å². The molecule has 1 amide bonds. The lowest BCUT2D eigenvalue weighted by molar-refractivity contribution is 0.0973. The Kier molecular flexibility index (Phi) is 8.61. The lowest BCUT2D eigenvalue weighted by Gasteiger charge is -2.24. The van der Waals surface area contributed by atoms with E-state index in [-0.39, 0.29) is 18.3 Å². The number of carbonyl (C=O) groups excluding carboxylic acids is 1. The van der Waals surface area contributed by atoms with Gasteiger partial charge in [0.2, 0.25) is 0 Å². The van der Waals surface area contributed by atoms with Crippen molar-refractivity contribution in [2.75, 3.05) is 31.1 Å². The van der Waals surface area contributed by atoms with Crippen molar-refractivity contribution in [2.24, 2.45) is 0 Å². The molecule has 158 valence electrons. The van der Waals surface area contributed by atoms with Crippen LogP contribution < -0.4 is 4.90 Å². The summed E-state index contributed by atoms with van der Waals surface area (Å²) in [7, 11) is 0. The summed E-state index contributed by atoms with van der Waals surface area (Å²) in [6, 6.07) is 8.05.